The van der Waals surface area contributed by atoms with Gasteiger partial charge in [0.1, 0.15) is 11.9 Å². The number of aliphatic carboxylic acids is 1. The highest BCUT2D eigenvalue weighted by atomic mass is 19.1. The quantitative estimate of drug-likeness (QED) is 0.835. The Labute approximate surface area is 99.3 Å². The molecular formula is C12H15FN2O2. The monoisotopic (exact) mass is 238 g/mol. The number of halogens is 1. The molecule has 1 unspecified atom stereocenters. The summed E-state index contributed by atoms with van der Waals surface area (Å²) in [6, 6.07) is 5.61. The smallest absolute Gasteiger partial charge is 0.327 e. The summed E-state index contributed by atoms with van der Waals surface area (Å²) in [6.07, 6.45) is 0. The average Bonchev–Trinajstić information content (AvgIpc) is 2.30. The first kappa shape index (κ1) is 11.9. The van der Waals surface area contributed by atoms with Crippen molar-refractivity contribution in [3.05, 3.63) is 30.1 Å². The van der Waals surface area contributed by atoms with Gasteiger partial charge in [0.2, 0.25) is 0 Å². The first-order valence-electron chi connectivity index (χ1n) is 5.52. The zero-order chi connectivity index (χ0) is 12.4. The van der Waals surface area contributed by atoms with Crippen molar-refractivity contribution in [3.63, 3.8) is 0 Å². The molecule has 0 radical (unpaired) electrons. The van der Waals surface area contributed by atoms with Crippen LogP contribution >= 0.6 is 0 Å². The number of carbonyl (C=O) groups is 1. The Kier molecular flexibility index (Phi) is 3.28. The molecule has 2 rings (SSSR count). The fraction of sp³-hybridized carbons (Fsp3) is 0.417. The number of carboxylic acids is 1. The summed E-state index contributed by atoms with van der Waals surface area (Å²) >= 11 is 0. The van der Waals surface area contributed by atoms with Crippen LogP contribution in [0.3, 0.4) is 0 Å². The summed E-state index contributed by atoms with van der Waals surface area (Å²) < 4.78 is 13.7. The van der Waals surface area contributed by atoms with Gasteiger partial charge in [-0.2, -0.15) is 0 Å². The number of likely N-dealkylation sites (N-methyl/N-ethyl adjacent to an activating group) is 1. The van der Waals surface area contributed by atoms with Crippen LogP contribution in [0.15, 0.2) is 24.3 Å². The number of hydrogen-bond acceptors (Lipinski definition) is 3. The fourth-order valence-corrected chi connectivity index (χ4v) is 2.10. The molecule has 0 bridgehead atoms. The van der Waals surface area contributed by atoms with Crippen LogP contribution in [0.1, 0.15) is 0 Å². The van der Waals surface area contributed by atoms with Gasteiger partial charge in [-0.05, 0) is 19.2 Å². The summed E-state index contributed by atoms with van der Waals surface area (Å²) in [5.74, 6) is -1.29. The third-order valence-electron chi connectivity index (χ3n) is 3.03. The average molecular weight is 238 g/mol. The fourth-order valence-electron chi connectivity index (χ4n) is 2.10. The molecule has 17 heavy (non-hydrogen) atoms. The van der Waals surface area contributed by atoms with E-state index in [1.807, 2.05) is 11.9 Å². The maximum absolute atomic E-state index is 13.7. The van der Waals surface area contributed by atoms with Gasteiger partial charge in [-0.1, -0.05) is 12.1 Å². The second kappa shape index (κ2) is 4.71. The number of para-hydroxylation sites is 1. The van der Waals surface area contributed by atoms with E-state index in [0.717, 1.165) is 6.54 Å². The molecular weight excluding hydrogens is 223 g/mol. The zero-order valence-corrected chi connectivity index (χ0v) is 9.64. The van der Waals surface area contributed by atoms with E-state index in [4.69, 9.17) is 0 Å². The Morgan fingerprint density at radius 3 is 2.76 bits per heavy atom. The summed E-state index contributed by atoms with van der Waals surface area (Å²) in [5.41, 5.74) is 0.369. The van der Waals surface area contributed by atoms with E-state index in [1.54, 1.807) is 23.1 Å². The molecule has 0 aromatic heterocycles. The third-order valence-corrected chi connectivity index (χ3v) is 3.03. The van der Waals surface area contributed by atoms with Gasteiger partial charge in [-0.3, -0.25) is 0 Å². The molecule has 1 saturated heterocycles. The van der Waals surface area contributed by atoms with Crippen molar-refractivity contribution >= 4 is 11.7 Å². The molecule has 0 spiro atoms. The van der Waals surface area contributed by atoms with Crippen molar-refractivity contribution in [1.29, 1.82) is 0 Å². The molecule has 0 saturated carbocycles. The molecule has 4 nitrogen and oxygen atoms in total. The normalized spacial score (nSPS) is 21.5. The molecule has 5 heteroatoms. The highest BCUT2D eigenvalue weighted by Crippen LogP contribution is 2.23. The molecule has 1 aliphatic rings. The van der Waals surface area contributed by atoms with Crippen LogP contribution in [-0.4, -0.2) is 48.7 Å². The van der Waals surface area contributed by atoms with Gasteiger partial charge in [0.05, 0.1) is 5.69 Å². The molecule has 1 aromatic rings. The first-order valence-corrected chi connectivity index (χ1v) is 5.52. The second-order valence-corrected chi connectivity index (χ2v) is 4.26. The summed E-state index contributed by atoms with van der Waals surface area (Å²) in [6.45, 7) is 1.66. The first-order chi connectivity index (χ1) is 8.09. The van der Waals surface area contributed by atoms with Crippen LogP contribution < -0.4 is 4.90 Å². The lowest BCUT2D eigenvalue weighted by atomic mass is 10.1. The van der Waals surface area contributed by atoms with E-state index in [9.17, 15) is 14.3 Å². The molecule has 92 valence electrons. The minimum Gasteiger partial charge on any atom is -0.480 e. The second-order valence-electron chi connectivity index (χ2n) is 4.26. The number of carboxylic acid groups (broad SMARTS) is 1. The van der Waals surface area contributed by atoms with E-state index >= 15 is 0 Å². The van der Waals surface area contributed by atoms with E-state index in [-0.39, 0.29) is 5.82 Å². The standard InChI is InChI=1S/C12H15FN2O2/c1-14-6-7-15(11(8-14)12(16)17)10-5-3-2-4-9(10)13/h2-5,11H,6-8H2,1H3,(H,16,17). The van der Waals surface area contributed by atoms with Crippen molar-refractivity contribution in [2.24, 2.45) is 0 Å². The lowest BCUT2D eigenvalue weighted by Gasteiger charge is -2.39. The topological polar surface area (TPSA) is 43.8 Å². The molecule has 0 amide bonds. The van der Waals surface area contributed by atoms with E-state index in [0.29, 0.717) is 18.8 Å². The van der Waals surface area contributed by atoms with Crippen LogP contribution in [0, 0.1) is 5.82 Å². The number of hydrogen-bond donors (Lipinski definition) is 1. The Morgan fingerprint density at radius 1 is 1.41 bits per heavy atom. The molecule has 1 heterocycles. The highest BCUT2D eigenvalue weighted by Gasteiger charge is 2.32. The summed E-state index contributed by atoms with van der Waals surface area (Å²) in [7, 11) is 1.87. The highest BCUT2D eigenvalue weighted by molar-refractivity contribution is 5.79. The van der Waals surface area contributed by atoms with Crippen LogP contribution in [0.25, 0.3) is 0 Å². The number of benzene rings is 1. The van der Waals surface area contributed by atoms with Crippen molar-refractivity contribution < 1.29 is 14.3 Å². The van der Waals surface area contributed by atoms with Crippen molar-refractivity contribution in [2.45, 2.75) is 6.04 Å². The number of anilines is 1. The minimum atomic E-state index is -0.917. The summed E-state index contributed by atoms with van der Waals surface area (Å²) in [5, 5.41) is 9.19. The molecule has 1 N–H and O–H groups in total. The SMILES string of the molecule is CN1CCN(c2ccccc2F)C(C(=O)O)C1. The third kappa shape index (κ3) is 2.39. The molecule has 1 atom stereocenters. The van der Waals surface area contributed by atoms with Crippen LogP contribution in [-0.2, 0) is 4.79 Å². The van der Waals surface area contributed by atoms with Crippen LogP contribution in [0.2, 0.25) is 0 Å². The molecule has 1 aromatic carbocycles. The molecule has 1 fully saturated rings. The molecule has 1 aliphatic heterocycles. The van der Waals surface area contributed by atoms with Gasteiger partial charge < -0.3 is 14.9 Å². The lowest BCUT2D eigenvalue weighted by Crippen LogP contribution is -2.55. The number of rotatable bonds is 2. The molecule has 0 aliphatic carbocycles. The Morgan fingerprint density at radius 2 is 2.12 bits per heavy atom. The number of piperazine rings is 1. The Bertz CT molecular complexity index is 425. The minimum absolute atomic E-state index is 0.369. The Hall–Kier alpha value is -1.62. The maximum Gasteiger partial charge on any atom is 0.327 e. The van der Waals surface area contributed by atoms with E-state index in [1.165, 1.54) is 6.07 Å². The van der Waals surface area contributed by atoms with Crippen LogP contribution in [0.5, 0.6) is 0 Å². The van der Waals surface area contributed by atoms with Crippen molar-refractivity contribution in [2.75, 3.05) is 31.6 Å². The van der Waals surface area contributed by atoms with Gasteiger partial charge >= 0.3 is 5.97 Å². The lowest BCUT2D eigenvalue weighted by molar-refractivity contribution is -0.139. The van der Waals surface area contributed by atoms with Crippen molar-refractivity contribution in [3.8, 4) is 0 Å². The maximum atomic E-state index is 13.7. The predicted molar refractivity (Wildman–Crippen MR) is 62.7 cm³/mol. The van der Waals surface area contributed by atoms with Crippen molar-refractivity contribution in [1.82, 2.24) is 4.90 Å². The predicted octanol–water partition coefficient (Wildman–Crippen LogP) is 1.03. The van der Waals surface area contributed by atoms with E-state index in [2.05, 4.69) is 0 Å². The van der Waals surface area contributed by atoms with Gasteiger partial charge in [0, 0.05) is 19.6 Å². The Balaban J connectivity index is 2.30. The summed E-state index contributed by atoms with van der Waals surface area (Å²) in [4.78, 5) is 14.8. The van der Waals surface area contributed by atoms with Crippen LogP contribution in [0.4, 0.5) is 10.1 Å². The van der Waals surface area contributed by atoms with Gasteiger partial charge in [0.15, 0.2) is 0 Å². The largest absolute Gasteiger partial charge is 0.480 e. The van der Waals surface area contributed by atoms with Gasteiger partial charge in [-0.25, -0.2) is 9.18 Å². The number of nitrogens with zero attached hydrogens (tertiary/aromatic N) is 2. The van der Waals surface area contributed by atoms with E-state index < -0.39 is 12.0 Å². The van der Waals surface area contributed by atoms with Gasteiger partial charge in [-0.15, -0.1) is 0 Å². The zero-order valence-electron chi connectivity index (χ0n) is 9.64. The van der Waals surface area contributed by atoms with Gasteiger partial charge in [0.25, 0.3) is 0 Å².